The summed E-state index contributed by atoms with van der Waals surface area (Å²) in [5, 5.41) is 3.15. The van der Waals surface area contributed by atoms with Crippen LogP contribution in [0.5, 0.6) is 11.5 Å². The number of nitrogens with one attached hydrogen (secondary N) is 1. The first kappa shape index (κ1) is 21.2. The van der Waals surface area contributed by atoms with Gasteiger partial charge in [0.05, 0.1) is 20.1 Å². The number of nitrogens with zero attached hydrogens (tertiary/aromatic N) is 1. The van der Waals surface area contributed by atoms with Crippen LogP contribution in [0.15, 0.2) is 42.5 Å². The summed E-state index contributed by atoms with van der Waals surface area (Å²) in [7, 11) is 3.34. The van der Waals surface area contributed by atoms with Crippen LogP contribution >= 0.6 is 0 Å². The zero-order valence-electron chi connectivity index (χ0n) is 17.7. The summed E-state index contributed by atoms with van der Waals surface area (Å²) < 4.78 is 10.9. The molecular formula is C24H32N2O3. The Morgan fingerprint density at radius 3 is 2.45 bits per heavy atom. The lowest BCUT2D eigenvalue weighted by molar-refractivity contribution is -0.122. The molecule has 1 aliphatic heterocycles. The van der Waals surface area contributed by atoms with Crippen LogP contribution in [0.2, 0.25) is 0 Å². The second-order valence-electron chi connectivity index (χ2n) is 7.55. The Labute approximate surface area is 174 Å². The van der Waals surface area contributed by atoms with E-state index >= 15 is 0 Å². The SMILES string of the molecule is CCCC(C(=O)NCCN1CCc2cc(OC)c(OC)cc2C1)c1ccccc1. The smallest absolute Gasteiger partial charge is 0.227 e. The van der Waals surface area contributed by atoms with E-state index in [1.807, 2.05) is 30.3 Å². The largest absolute Gasteiger partial charge is 0.493 e. The third-order valence-corrected chi connectivity index (χ3v) is 5.62. The zero-order valence-corrected chi connectivity index (χ0v) is 17.7. The van der Waals surface area contributed by atoms with Gasteiger partial charge in [-0.3, -0.25) is 9.69 Å². The molecule has 5 heteroatoms. The van der Waals surface area contributed by atoms with E-state index < -0.39 is 0 Å². The van der Waals surface area contributed by atoms with Crippen LogP contribution in [0.4, 0.5) is 0 Å². The van der Waals surface area contributed by atoms with Crippen LogP contribution in [0.1, 0.15) is 42.4 Å². The molecule has 0 saturated heterocycles. The van der Waals surface area contributed by atoms with Gasteiger partial charge in [0.15, 0.2) is 11.5 Å². The van der Waals surface area contributed by atoms with Gasteiger partial charge in [-0.1, -0.05) is 43.7 Å². The van der Waals surface area contributed by atoms with E-state index in [1.165, 1.54) is 11.1 Å². The van der Waals surface area contributed by atoms with Crippen LogP contribution in [-0.2, 0) is 17.8 Å². The highest BCUT2D eigenvalue weighted by atomic mass is 16.5. The van der Waals surface area contributed by atoms with Crippen molar-refractivity contribution in [2.75, 3.05) is 33.9 Å². The zero-order chi connectivity index (χ0) is 20.6. The van der Waals surface area contributed by atoms with Crippen molar-refractivity contribution >= 4 is 5.91 Å². The molecule has 0 spiro atoms. The molecule has 0 bridgehead atoms. The average Bonchev–Trinajstić information content (AvgIpc) is 2.76. The Morgan fingerprint density at radius 1 is 1.10 bits per heavy atom. The van der Waals surface area contributed by atoms with Crippen molar-refractivity contribution in [3.05, 3.63) is 59.2 Å². The monoisotopic (exact) mass is 396 g/mol. The molecule has 29 heavy (non-hydrogen) atoms. The lowest BCUT2D eigenvalue weighted by atomic mass is 9.93. The molecule has 0 aliphatic carbocycles. The van der Waals surface area contributed by atoms with Crippen molar-refractivity contribution in [1.29, 1.82) is 0 Å². The fourth-order valence-corrected chi connectivity index (χ4v) is 4.02. The van der Waals surface area contributed by atoms with E-state index in [1.54, 1.807) is 14.2 Å². The van der Waals surface area contributed by atoms with Gasteiger partial charge in [-0.25, -0.2) is 0 Å². The van der Waals surface area contributed by atoms with Gasteiger partial charge >= 0.3 is 0 Å². The van der Waals surface area contributed by atoms with Crippen LogP contribution < -0.4 is 14.8 Å². The Morgan fingerprint density at radius 2 is 1.79 bits per heavy atom. The molecule has 0 radical (unpaired) electrons. The van der Waals surface area contributed by atoms with Crippen molar-refractivity contribution in [2.45, 2.75) is 38.6 Å². The summed E-state index contributed by atoms with van der Waals surface area (Å²) in [5.41, 5.74) is 3.68. The highest BCUT2D eigenvalue weighted by molar-refractivity contribution is 5.83. The summed E-state index contributed by atoms with van der Waals surface area (Å²) >= 11 is 0. The lowest BCUT2D eigenvalue weighted by Gasteiger charge is -2.29. The number of fused-ring (bicyclic) bond motifs is 1. The van der Waals surface area contributed by atoms with Gasteiger partial charge in [0, 0.05) is 26.2 Å². The number of carbonyl (C=O) groups excluding carboxylic acids is 1. The van der Waals surface area contributed by atoms with E-state index in [-0.39, 0.29) is 11.8 Å². The molecule has 1 atom stereocenters. The Hall–Kier alpha value is -2.53. The molecule has 0 fully saturated rings. The highest BCUT2D eigenvalue weighted by Crippen LogP contribution is 2.33. The Bertz CT molecular complexity index is 807. The van der Waals surface area contributed by atoms with E-state index in [0.717, 1.165) is 56.0 Å². The summed E-state index contributed by atoms with van der Waals surface area (Å²) in [5.74, 6) is 1.61. The minimum absolute atomic E-state index is 0.0694. The number of hydrogen-bond donors (Lipinski definition) is 1. The second kappa shape index (κ2) is 10.3. The number of methoxy groups -OCH3 is 2. The van der Waals surface area contributed by atoms with Gasteiger partial charge in [0.1, 0.15) is 0 Å². The number of ether oxygens (including phenoxy) is 2. The molecule has 3 rings (SSSR count). The first-order chi connectivity index (χ1) is 14.2. The fraction of sp³-hybridized carbons (Fsp3) is 0.458. The van der Waals surface area contributed by atoms with Crippen LogP contribution in [0.3, 0.4) is 0 Å². The normalized spacial score (nSPS) is 14.7. The molecule has 2 aromatic carbocycles. The van der Waals surface area contributed by atoms with Crippen molar-refractivity contribution < 1.29 is 14.3 Å². The fourth-order valence-electron chi connectivity index (χ4n) is 4.02. The van der Waals surface area contributed by atoms with Gasteiger partial charge in [-0.05, 0) is 41.7 Å². The number of carbonyl (C=O) groups is 1. The first-order valence-electron chi connectivity index (χ1n) is 10.4. The van der Waals surface area contributed by atoms with Crippen molar-refractivity contribution in [3.8, 4) is 11.5 Å². The molecule has 2 aromatic rings. The Kier molecular flexibility index (Phi) is 7.53. The molecule has 1 aliphatic rings. The topological polar surface area (TPSA) is 50.8 Å². The maximum atomic E-state index is 12.8. The molecule has 1 N–H and O–H groups in total. The number of hydrogen-bond acceptors (Lipinski definition) is 4. The predicted molar refractivity (Wildman–Crippen MR) is 116 cm³/mol. The molecule has 0 aromatic heterocycles. The van der Waals surface area contributed by atoms with E-state index in [2.05, 4.69) is 29.3 Å². The van der Waals surface area contributed by atoms with Crippen LogP contribution in [0.25, 0.3) is 0 Å². The molecular weight excluding hydrogens is 364 g/mol. The number of rotatable bonds is 9. The second-order valence-corrected chi connectivity index (χ2v) is 7.55. The number of amides is 1. The van der Waals surface area contributed by atoms with Crippen molar-refractivity contribution in [1.82, 2.24) is 10.2 Å². The molecule has 1 amide bonds. The third-order valence-electron chi connectivity index (χ3n) is 5.62. The maximum Gasteiger partial charge on any atom is 0.227 e. The number of benzene rings is 2. The minimum atomic E-state index is -0.0694. The van der Waals surface area contributed by atoms with Crippen molar-refractivity contribution in [3.63, 3.8) is 0 Å². The van der Waals surface area contributed by atoms with Crippen LogP contribution in [0, 0.1) is 0 Å². The first-order valence-corrected chi connectivity index (χ1v) is 10.4. The third kappa shape index (κ3) is 5.30. The van der Waals surface area contributed by atoms with Gasteiger partial charge in [0.2, 0.25) is 5.91 Å². The minimum Gasteiger partial charge on any atom is -0.493 e. The van der Waals surface area contributed by atoms with E-state index in [0.29, 0.717) is 6.54 Å². The predicted octanol–water partition coefficient (Wildman–Crippen LogP) is 3.76. The quantitative estimate of drug-likeness (QED) is 0.701. The van der Waals surface area contributed by atoms with Gasteiger partial charge in [-0.2, -0.15) is 0 Å². The highest BCUT2D eigenvalue weighted by Gasteiger charge is 2.21. The summed E-state index contributed by atoms with van der Waals surface area (Å²) in [6.07, 6.45) is 2.84. The lowest BCUT2D eigenvalue weighted by Crippen LogP contribution is -2.39. The van der Waals surface area contributed by atoms with E-state index in [4.69, 9.17) is 9.47 Å². The van der Waals surface area contributed by atoms with Crippen LogP contribution in [-0.4, -0.2) is 44.7 Å². The van der Waals surface area contributed by atoms with Gasteiger partial charge < -0.3 is 14.8 Å². The van der Waals surface area contributed by atoms with Gasteiger partial charge in [0.25, 0.3) is 0 Å². The maximum absolute atomic E-state index is 12.8. The molecule has 0 saturated carbocycles. The van der Waals surface area contributed by atoms with E-state index in [9.17, 15) is 4.79 Å². The summed E-state index contributed by atoms with van der Waals surface area (Å²) in [4.78, 5) is 15.1. The summed E-state index contributed by atoms with van der Waals surface area (Å²) in [6.45, 7) is 5.47. The molecule has 1 unspecified atom stereocenters. The average molecular weight is 397 g/mol. The standard InChI is InChI=1S/C24H32N2O3/c1-4-8-21(18-9-6-5-7-10-18)24(27)25-12-14-26-13-11-19-15-22(28-2)23(29-3)16-20(19)17-26/h5-7,9-10,15-16,21H,4,8,11-14,17H2,1-3H3,(H,25,27). The van der Waals surface area contributed by atoms with Gasteiger partial charge in [-0.15, -0.1) is 0 Å². The van der Waals surface area contributed by atoms with Crippen molar-refractivity contribution in [2.24, 2.45) is 0 Å². The molecule has 156 valence electrons. The summed E-state index contributed by atoms with van der Waals surface area (Å²) in [6, 6.07) is 14.2. The Balaban J connectivity index is 1.55. The molecule has 5 nitrogen and oxygen atoms in total. The molecule has 1 heterocycles.